The van der Waals surface area contributed by atoms with Gasteiger partial charge < -0.3 is 19.2 Å². The normalized spacial score (nSPS) is 14.7. The Hall–Kier alpha value is -3.95. The van der Waals surface area contributed by atoms with Crippen molar-refractivity contribution in [2.75, 3.05) is 29.7 Å². The second-order valence-corrected chi connectivity index (χ2v) is 9.32. The first kappa shape index (κ1) is 26.6. The summed E-state index contributed by atoms with van der Waals surface area (Å²) in [5.74, 6) is 1.70. The number of benzene rings is 3. The third-order valence-electron chi connectivity index (χ3n) is 6.43. The first-order chi connectivity index (χ1) is 18.9. The lowest BCUT2D eigenvalue weighted by atomic mass is 10.0. The van der Waals surface area contributed by atoms with Gasteiger partial charge in [-0.05, 0) is 66.9 Å². The van der Waals surface area contributed by atoms with E-state index in [-0.39, 0.29) is 6.54 Å². The van der Waals surface area contributed by atoms with Gasteiger partial charge in [-0.25, -0.2) is 0 Å². The van der Waals surface area contributed by atoms with Crippen LogP contribution in [0.15, 0.2) is 95.6 Å². The predicted octanol–water partition coefficient (Wildman–Crippen LogP) is 7.20. The smallest absolute Gasteiger partial charge is 0.416 e. The van der Waals surface area contributed by atoms with E-state index >= 15 is 0 Å². The van der Waals surface area contributed by atoms with Crippen LogP contribution in [0, 0.1) is 0 Å². The summed E-state index contributed by atoms with van der Waals surface area (Å²) in [4.78, 5) is 7.35. The summed E-state index contributed by atoms with van der Waals surface area (Å²) >= 11 is 0. The first-order valence-electron chi connectivity index (χ1n) is 12.8. The second-order valence-electron chi connectivity index (χ2n) is 9.32. The molecule has 1 saturated heterocycles. The van der Waals surface area contributed by atoms with Crippen molar-refractivity contribution < 1.29 is 32.3 Å². The van der Waals surface area contributed by atoms with Crippen LogP contribution in [0.3, 0.4) is 0 Å². The van der Waals surface area contributed by atoms with Gasteiger partial charge in [0.15, 0.2) is 6.10 Å². The van der Waals surface area contributed by atoms with Crippen molar-refractivity contribution in [1.29, 1.82) is 0 Å². The van der Waals surface area contributed by atoms with Crippen LogP contribution in [-0.4, -0.2) is 37.1 Å². The number of alkyl halides is 3. The molecular formula is C30H29F3N2O4. The maximum atomic E-state index is 13.4. The number of aliphatic hydroxyl groups is 1. The summed E-state index contributed by atoms with van der Waals surface area (Å²) in [5, 5.41) is 11.8. The Morgan fingerprint density at radius 2 is 1.74 bits per heavy atom. The Labute approximate surface area is 224 Å². The zero-order valence-corrected chi connectivity index (χ0v) is 21.2. The fourth-order valence-corrected chi connectivity index (χ4v) is 4.48. The number of anilines is 2. The first-order valence-corrected chi connectivity index (χ1v) is 12.8. The molecule has 0 aliphatic carbocycles. The summed E-state index contributed by atoms with van der Waals surface area (Å²) in [5.41, 5.74) is 2.83. The lowest BCUT2D eigenvalue weighted by Gasteiger charge is -2.31. The van der Waals surface area contributed by atoms with Crippen LogP contribution in [-0.2, 0) is 11.4 Å². The molecule has 1 aromatic heterocycles. The minimum atomic E-state index is -4.76. The van der Waals surface area contributed by atoms with Crippen molar-refractivity contribution in [3.63, 3.8) is 0 Å². The number of rotatable bonds is 9. The van der Waals surface area contributed by atoms with E-state index in [1.165, 1.54) is 4.90 Å². The largest absolute Gasteiger partial charge is 0.464 e. The molecule has 1 N–H and O–H groups in total. The molecule has 0 amide bonds. The van der Waals surface area contributed by atoms with Crippen LogP contribution in [0.2, 0.25) is 0 Å². The summed E-state index contributed by atoms with van der Waals surface area (Å²) in [6.45, 7) is 0.803. The molecule has 3 aromatic carbocycles. The van der Waals surface area contributed by atoms with Gasteiger partial charge in [-0.15, -0.1) is 0 Å². The van der Waals surface area contributed by atoms with Crippen molar-refractivity contribution in [3.05, 3.63) is 96.8 Å². The van der Waals surface area contributed by atoms with Gasteiger partial charge in [-0.1, -0.05) is 30.3 Å². The highest BCUT2D eigenvalue weighted by Gasteiger charge is 2.39. The van der Waals surface area contributed by atoms with Crippen molar-refractivity contribution in [1.82, 2.24) is 0 Å². The Morgan fingerprint density at radius 3 is 2.46 bits per heavy atom. The van der Waals surface area contributed by atoms with E-state index in [4.69, 9.17) is 14.0 Å². The van der Waals surface area contributed by atoms with Crippen LogP contribution in [0.1, 0.15) is 18.4 Å². The summed E-state index contributed by atoms with van der Waals surface area (Å²) in [7, 11) is 0. The Bertz CT molecular complexity index is 1340. The van der Waals surface area contributed by atoms with E-state index in [9.17, 15) is 18.3 Å². The molecule has 1 fully saturated rings. The fourth-order valence-electron chi connectivity index (χ4n) is 4.48. The van der Waals surface area contributed by atoms with Gasteiger partial charge in [0.1, 0.15) is 17.3 Å². The molecule has 1 aliphatic heterocycles. The molecule has 1 aliphatic rings. The summed E-state index contributed by atoms with van der Waals surface area (Å²) in [6, 6.07) is 25.2. The van der Waals surface area contributed by atoms with Crippen LogP contribution < -0.4 is 14.7 Å². The number of aliphatic hydroxyl groups excluding tert-OH is 1. The zero-order valence-electron chi connectivity index (χ0n) is 21.2. The lowest BCUT2D eigenvalue weighted by molar-refractivity contribution is -0.200. The lowest BCUT2D eigenvalue weighted by Crippen LogP contribution is -2.40. The molecule has 4 aromatic rings. The maximum absolute atomic E-state index is 13.4. The van der Waals surface area contributed by atoms with Crippen LogP contribution in [0.25, 0.3) is 11.3 Å². The molecule has 5 rings (SSSR count). The molecule has 39 heavy (non-hydrogen) atoms. The number of ether oxygens (including phenoxy) is 1. The van der Waals surface area contributed by atoms with E-state index in [1.54, 1.807) is 48.7 Å². The molecule has 204 valence electrons. The SMILES string of the molecule is OC(CN(Cc1ccc(N2CCCCO2)c(-c2ccco2)c1)c1cccc(Oc2ccccc2)c1)C(F)(F)F. The standard InChI is InChI=1S/C30H29F3N2O4/c31-30(32,33)29(36)21-34(23-8-6-11-25(19-23)39-24-9-2-1-3-10-24)20-22-13-14-27(35-15-4-5-17-38-35)26(18-22)28-12-7-16-37-28/h1-3,6-14,16,18-19,29,36H,4-5,15,17,20-21H2. The number of hydroxylamine groups is 1. The fraction of sp³-hybridized carbons (Fsp3) is 0.267. The van der Waals surface area contributed by atoms with Gasteiger partial charge in [-0.2, -0.15) is 13.2 Å². The van der Waals surface area contributed by atoms with Gasteiger partial charge in [-0.3, -0.25) is 9.90 Å². The highest BCUT2D eigenvalue weighted by molar-refractivity contribution is 5.76. The van der Waals surface area contributed by atoms with E-state index in [1.807, 2.05) is 47.5 Å². The van der Waals surface area contributed by atoms with Crippen LogP contribution >= 0.6 is 0 Å². The Balaban J connectivity index is 1.46. The molecule has 6 nitrogen and oxygen atoms in total. The van der Waals surface area contributed by atoms with Crippen molar-refractivity contribution in [2.45, 2.75) is 31.7 Å². The topological polar surface area (TPSA) is 58.3 Å². The molecule has 2 heterocycles. The van der Waals surface area contributed by atoms with Crippen molar-refractivity contribution in [3.8, 4) is 22.8 Å². The quantitative estimate of drug-likeness (QED) is 0.243. The molecule has 9 heteroatoms. The molecule has 0 radical (unpaired) electrons. The van der Waals surface area contributed by atoms with E-state index in [2.05, 4.69) is 0 Å². The third-order valence-corrected chi connectivity index (χ3v) is 6.43. The van der Waals surface area contributed by atoms with Crippen LogP contribution in [0.5, 0.6) is 11.5 Å². The monoisotopic (exact) mass is 538 g/mol. The number of hydrogen-bond donors (Lipinski definition) is 1. The number of furan rings is 1. The van der Waals surface area contributed by atoms with Crippen molar-refractivity contribution in [2.24, 2.45) is 0 Å². The van der Waals surface area contributed by atoms with Crippen LogP contribution in [0.4, 0.5) is 24.5 Å². The van der Waals surface area contributed by atoms with E-state index in [0.717, 1.165) is 36.2 Å². The Kier molecular flexibility index (Phi) is 8.09. The van der Waals surface area contributed by atoms with Gasteiger partial charge in [0, 0.05) is 30.4 Å². The number of halogens is 3. The van der Waals surface area contributed by atoms with Gasteiger partial charge in [0.05, 0.1) is 25.1 Å². The van der Waals surface area contributed by atoms with Crippen molar-refractivity contribution >= 4 is 11.4 Å². The highest BCUT2D eigenvalue weighted by Crippen LogP contribution is 2.35. The number of nitrogens with zero attached hydrogens (tertiary/aromatic N) is 2. The molecule has 0 bridgehead atoms. The molecular weight excluding hydrogens is 509 g/mol. The molecule has 1 unspecified atom stereocenters. The minimum Gasteiger partial charge on any atom is -0.464 e. The molecule has 0 spiro atoms. The number of hydrogen-bond acceptors (Lipinski definition) is 6. The minimum absolute atomic E-state index is 0.108. The highest BCUT2D eigenvalue weighted by atomic mass is 19.4. The van der Waals surface area contributed by atoms with E-state index < -0.39 is 18.8 Å². The third kappa shape index (κ3) is 6.74. The average molecular weight is 539 g/mol. The van der Waals surface area contributed by atoms with Gasteiger partial charge in [0.2, 0.25) is 0 Å². The summed E-state index contributed by atoms with van der Waals surface area (Å²) < 4.78 is 51.8. The maximum Gasteiger partial charge on any atom is 0.416 e. The Morgan fingerprint density at radius 1 is 0.923 bits per heavy atom. The van der Waals surface area contributed by atoms with E-state index in [0.29, 0.717) is 29.6 Å². The zero-order chi connectivity index (χ0) is 27.2. The van der Waals surface area contributed by atoms with Gasteiger partial charge >= 0.3 is 6.18 Å². The number of para-hydroxylation sites is 1. The second kappa shape index (κ2) is 11.8. The predicted molar refractivity (Wildman–Crippen MR) is 143 cm³/mol. The average Bonchev–Trinajstić information content (AvgIpc) is 3.48. The summed E-state index contributed by atoms with van der Waals surface area (Å²) in [6.07, 6.45) is -3.74. The van der Waals surface area contributed by atoms with Gasteiger partial charge in [0.25, 0.3) is 0 Å². The molecule has 0 saturated carbocycles. The molecule has 1 atom stereocenters.